The lowest BCUT2D eigenvalue weighted by Crippen LogP contribution is -2.29. The molecule has 1 aliphatic rings. The van der Waals surface area contributed by atoms with E-state index in [1.165, 1.54) is 0 Å². The summed E-state index contributed by atoms with van der Waals surface area (Å²) in [6.07, 6.45) is 0.105. The second-order valence-electron chi connectivity index (χ2n) is 3.89. The number of rotatable bonds is 2. The third kappa shape index (κ3) is 1.95. The second kappa shape index (κ2) is 3.90. The molecule has 0 bridgehead atoms. The summed E-state index contributed by atoms with van der Waals surface area (Å²) in [5.74, 6) is -0.360. The van der Waals surface area contributed by atoms with Gasteiger partial charge in [-0.1, -0.05) is 24.3 Å². The quantitative estimate of drug-likeness (QED) is 0.775. The summed E-state index contributed by atoms with van der Waals surface area (Å²) in [7, 11) is -3.37. The average molecular weight is 239 g/mol. The summed E-state index contributed by atoms with van der Waals surface area (Å²) >= 11 is 0. The molecule has 0 aromatic heterocycles. The maximum Gasteiger partial charge on any atom is 0.238 e. The van der Waals surface area contributed by atoms with E-state index < -0.39 is 10.0 Å². The van der Waals surface area contributed by atoms with Crippen LogP contribution in [-0.4, -0.2) is 24.4 Å². The van der Waals surface area contributed by atoms with E-state index >= 15 is 0 Å². The first-order chi connectivity index (χ1) is 7.50. The summed E-state index contributed by atoms with van der Waals surface area (Å²) < 4.78 is 24.2. The first-order valence-electron chi connectivity index (χ1n) is 5.08. The van der Waals surface area contributed by atoms with Crippen LogP contribution < -0.4 is 0 Å². The van der Waals surface area contributed by atoms with Crippen LogP contribution in [0.25, 0.3) is 0 Å². The van der Waals surface area contributed by atoms with Crippen LogP contribution >= 0.6 is 0 Å². The predicted octanol–water partition coefficient (Wildman–Crippen LogP) is 1.06. The van der Waals surface area contributed by atoms with E-state index in [9.17, 15) is 13.2 Å². The first-order valence-corrected chi connectivity index (χ1v) is 6.69. The molecule has 1 aromatic carbocycles. The van der Waals surface area contributed by atoms with Gasteiger partial charge >= 0.3 is 0 Å². The zero-order valence-corrected chi connectivity index (χ0v) is 9.83. The molecule has 0 unspecified atom stereocenters. The molecule has 1 saturated heterocycles. The van der Waals surface area contributed by atoms with Gasteiger partial charge in [0.25, 0.3) is 0 Å². The SMILES string of the molecule is Cc1ccccc1CN1C(=O)CCS1(=O)=O. The van der Waals surface area contributed by atoms with Crippen LogP contribution in [0.15, 0.2) is 24.3 Å². The van der Waals surface area contributed by atoms with E-state index in [2.05, 4.69) is 0 Å². The Balaban J connectivity index is 2.29. The third-order valence-electron chi connectivity index (χ3n) is 2.76. The number of amides is 1. The Bertz CT molecular complexity index is 522. The number of benzene rings is 1. The van der Waals surface area contributed by atoms with Crippen molar-refractivity contribution in [3.05, 3.63) is 35.4 Å². The summed E-state index contributed by atoms with van der Waals surface area (Å²) in [6.45, 7) is 2.07. The molecule has 16 heavy (non-hydrogen) atoms. The largest absolute Gasteiger partial charge is 0.274 e. The van der Waals surface area contributed by atoms with E-state index in [-0.39, 0.29) is 24.6 Å². The summed E-state index contributed by atoms with van der Waals surface area (Å²) in [5, 5.41) is 0. The molecule has 2 rings (SSSR count). The number of nitrogens with zero attached hydrogens (tertiary/aromatic N) is 1. The lowest BCUT2D eigenvalue weighted by molar-refractivity contribution is -0.125. The smallest absolute Gasteiger partial charge is 0.238 e. The van der Waals surface area contributed by atoms with Crippen molar-refractivity contribution < 1.29 is 13.2 Å². The molecule has 5 heteroatoms. The third-order valence-corrected chi connectivity index (χ3v) is 4.49. The molecule has 1 aliphatic heterocycles. The van der Waals surface area contributed by atoms with Crippen LogP contribution in [0.1, 0.15) is 17.5 Å². The molecular formula is C11H13NO3S. The highest BCUT2D eigenvalue weighted by Crippen LogP contribution is 2.20. The maximum absolute atomic E-state index is 11.6. The zero-order chi connectivity index (χ0) is 11.8. The zero-order valence-electron chi connectivity index (χ0n) is 9.01. The molecule has 86 valence electrons. The Morgan fingerprint density at radius 3 is 2.56 bits per heavy atom. The van der Waals surface area contributed by atoms with Gasteiger partial charge in [-0.15, -0.1) is 0 Å². The first kappa shape index (κ1) is 11.1. The van der Waals surface area contributed by atoms with Crippen molar-refractivity contribution in [2.45, 2.75) is 19.9 Å². The van der Waals surface area contributed by atoms with Crippen LogP contribution in [0.3, 0.4) is 0 Å². The monoisotopic (exact) mass is 239 g/mol. The van der Waals surface area contributed by atoms with Gasteiger partial charge < -0.3 is 0 Å². The van der Waals surface area contributed by atoms with Gasteiger partial charge in [0.15, 0.2) is 0 Å². The van der Waals surface area contributed by atoms with Crippen molar-refractivity contribution in [3.8, 4) is 0 Å². The van der Waals surface area contributed by atoms with Crippen molar-refractivity contribution in [2.24, 2.45) is 0 Å². The maximum atomic E-state index is 11.6. The van der Waals surface area contributed by atoms with E-state index in [0.29, 0.717) is 0 Å². The topological polar surface area (TPSA) is 54.5 Å². The predicted molar refractivity (Wildman–Crippen MR) is 60.1 cm³/mol. The van der Waals surface area contributed by atoms with E-state index in [0.717, 1.165) is 15.4 Å². The molecule has 0 spiro atoms. The number of carbonyl (C=O) groups is 1. The van der Waals surface area contributed by atoms with Crippen molar-refractivity contribution >= 4 is 15.9 Å². The van der Waals surface area contributed by atoms with Gasteiger partial charge in [0.05, 0.1) is 12.3 Å². The molecule has 1 heterocycles. The van der Waals surface area contributed by atoms with Gasteiger partial charge in [-0.05, 0) is 18.1 Å². The fraction of sp³-hybridized carbons (Fsp3) is 0.364. The van der Waals surface area contributed by atoms with Crippen LogP contribution in [0.5, 0.6) is 0 Å². The van der Waals surface area contributed by atoms with Crippen molar-refractivity contribution in [2.75, 3.05) is 5.75 Å². The minimum Gasteiger partial charge on any atom is -0.274 e. The summed E-state index contributed by atoms with van der Waals surface area (Å²) in [5.41, 5.74) is 1.87. The molecule has 4 nitrogen and oxygen atoms in total. The second-order valence-corrected chi connectivity index (χ2v) is 5.91. The fourth-order valence-electron chi connectivity index (χ4n) is 1.74. The molecule has 1 amide bonds. The van der Waals surface area contributed by atoms with Crippen molar-refractivity contribution in [1.82, 2.24) is 4.31 Å². The number of sulfonamides is 1. The van der Waals surface area contributed by atoms with Gasteiger partial charge in [0, 0.05) is 6.42 Å². The Kier molecular flexibility index (Phi) is 2.71. The van der Waals surface area contributed by atoms with Gasteiger partial charge in [0.2, 0.25) is 15.9 Å². The molecule has 0 aliphatic carbocycles. The highest BCUT2D eigenvalue weighted by molar-refractivity contribution is 7.90. The molecule has 0 atom stereocenters. The Morgan fingerprint density at radius 1 is 1.31 bits per heavy atom. The average Bonchev–Trinajstić information content (AvgIpc) is 2.48. The Hall–Kier alpha value is -1.36. The normalized spacial score (nSPS) is 19.1. The van der Waals surface area contributed by atoms with E-state index in [4.69, 9.17) is 0 Å². The molecular weight excluding hydrogens is 226 g/mol. The number of aryl methyl sites for hydroxylation is 1. The molecule has 0 N–H and O–H groups in total. The van der Waals surface area contributed by atoms with Crippen LogP contribution in [-0.2, 0) is 21.4 Å². The highest BCUT2D eigenvalue weighted by atomic mass is 32.2. The van der Waals surface area contributed by atoms with Crippen LogP contribution in [0.2, 0.25) is 0 Å². The number of carbonyl (C=O) groups excluding carboxylic acids is 1. The highest BCUT2D eigenvalue weighted by Gasteiger charge is 2.34. The van der Waals surface area contributed by atoms with Crippen LogP contribution in [0.4, 0.5) is 0 Å². The number of hydrogen-bond acceptors (Lipinski definition) is 3. The van der Waals surface area contributed by atoms with Gasteiger partial charge in [-0.3, -0.25) is 4.79 Å². The van der Waals surface area contributed by atoms with Gasteiger partial charge in [0.1, 0.15) is 0 Å². The molecule has 1 aromatic rings. The lowest BCUT2D eigenvalue weighted by Gasteiger charge is -2.16. The minimum atomic E-state index is -3.37. The molecule has 0 radical (unpaired) electrons. The van der Waals surface area contributed by atoms with Gasteiger partial charge in [-0.25, -0.2) is 12.7 Å². The minimum absolute atomic E-state index is 0.0578. The van der Waals surface area contributed by atoms with Gasteiger partial charge in [-0.2, -0.15) is 0 Å². The van der Waals surface area contributed by atoms with Crippen LogP contribution in [0, 0.1) is 6.92 Å². The number of hydrogen-bond donors (Lipinski definition) is 0. The molecule has 0 saturated carbocycles. The van der Waals surface area contributed by atoms with E-state index in [1.54, 1.807) is 0 Å². The van der Waals surface area contributed by atoms with Crippen molar-refractivity contribution in [1.29, 1.82) is 0 Å². The standard InChI is InChI=1S/C11H13NO3S/c1-9-4-2-3-5-10(9)8-12-11(13)6-7-16(12,14)15/h2-5H,6-8H2,1H3. The lowest BCUT2D eigenvalue weighted by atomic mass is 10.1. The molecule has 1 fully saturated rings. The Morgan fingerprint density at radius 2 is 2.00 bits per heavy atom. The summed E-state index contributed by atoms with van der Waals surface area (Å²) in [4.78, 5) is 11.5. The van der Waals surface area contributed by atoms with E-state index in [1.807, 2.05) is 31.2 Å². The Labute approximate surface area is 94.9 Å². The summed E-state index contributed by atoms with van der Waals surface area (Å²) in [6, 6.07) is 7.48. The fourth-order valence-corrected chi connectivity index (χ4v) is 3.13. The van der Waals surface area contributed by atoms with Crippen molar-refractivity contribution in [3.63, 3.8) is 0 Å².